The van der Waals surface area contributed by atoms with Gasteiger partial charge in [-0.1, -0.05) is 50.1 Å². The third-order valence-corrected chi connectivity index (χ3v) is 6.76. The van der Waals surface area contributed by atoms with Crippen molar-refractivity contribution in [3.8, 4) is 5.75 Å². The van der Waals surface area contributed by atoms with E-state index in [1.807, 2.05) is 12.1 Å². The molecule has 2 saturated carbocycles. The highest BCUT2D eigenvalue weighted by atomic mass is 35.5. The maximum atomic E-state index is 11.8. The Labute approximate surface area is 159 Å². The van der Waals surface area contributed by atoms with E-state index in [9.17, 15) is 9.90 Å². The Bertz CT molecular complexity index is 644. The van der Waals surface area contributed by atoms with Gasteiger partial charge in [-0.2, -0.15) is 0 Å². The lowest BCUT2D eigenvalue weighted by Crippen LogP contribution is -2.54. The second kappa shape index (κ2) is 7.40. The average Bonchev–Trinajstić information content (AvgIpc) is 2.68. The van der Waals surface area contributed by atoms with Crippen LogP contribution in [0.3, 0.4) is 0 Å². The predicted molar refractivity (Wildman–Crippen MR) is 99.4 cm³/mol. The van der Waals surface area contributed by atoms with Gasteiger partial charge < -0.3 is 14.6 Å². The van der Waals surface area contributed by atoms with Crippen molar-refractivity contribution in [3.63, 3.8) is 0 Å². The van der Waals surface area contributed by atoms with Gasteiger partial charge in [0, 0.05) is 10.6 Å². The summed E-state index contributed by atoms with van der Waals surface area (Å²) < 4.78 is 12.1. The molecule has 1 aromatic carbocycles. The minimum absolute atomic E-state index is 0.322. The van der Waals surface area contributed by atoms with Gasteiger partial charge >= 0.3 is 5.97 Å². The van der Waals surface area contributed by atoms with Crippen LogP contribution < -0.4 is 4.74 Å². The molecule has 2 fully saturated rings. The molecule has 0 radical (unpaired) electrons. The molecular weight excluding hydrogens is 352 g/mol. The van der Waals surface area contributed by atoms with Crippen molar-refractivity contribution >= 4 is 17.6 Å². The largest absolute Gasteiger partial charge is 0.477 e. The van der Waals surface area contributed by atoms with E-state index in [4.69, 9.17) is 21.1 Å². The molecule has 1 unspecified atom stereocenters. The maximum Gasteiger partial charge on any atom is 0.373 e. The van der Waals surface area contributed by atoms with E-state index in [1.165, 1.54) is 38.5 Å². The topological polar surface area (TPSA) is 55.8 Å². The van der Waals surface area contributed by atoms with Gasteiger partial charge in [-0.25, -0.2) is 4.79 Å². The van der Waals surface area contributed by atoms with Crippen LogP contribution in [0.2, 0.25) is 5.02 Å². The first kappa shape index (κ1) is 18.1. The SMILES string of the molecule is O=C(O)C1Oc2ccc(Cl)cc2C(C2CCCCC2)(C2CCCCC2)O1. The highest BCUT2D eigenvalue weighted by Gasteiger charge is 2.54. The summed E-state index contributed by atoms with van der Waals surface area (Å²) >= 11 is 6.35. The number of ether oxygens (including phenoxy) is 2. The van der Waals surface area contributed by atoms with Gasteiger partial charge in [-0.3, -0.25) is 0 Å². The van der Waals surface area contributed by atoms with Crippen LogP contribution in [0, 0.1) is 11.8 Å². The molecule has 26 heavy (non-hydrogen) atoms. The van der Waals surface area contributed by atoms with Crippen LogP contribution in [0.5, 0.6) is 5.75 Å². The molecule has 0 aromatic heterocycles. The molecule has 1 aromatic rings. The maximum absolute atomic E-state index is 11.8. The standard InChI is InChI=1S/C21H27ClO4/c22-16-11-12-18-17(13-16)21(14-7-3-1-4-8-14,15-9-5-2-6-10-15)26-20(25-18)19(23)24/h11-15,20H,1-10H2,(H,23,24). The van der Waals surface area contributed by atoms with Crippen molar-refractivity contribution in [2.45, 2.75) is 76.1 Å². The number of carbonyl (C=O) groups is 1. The van der Waals surface area contributed by atoms with E-state index in [1.54, 1.807) is 6.07 Å². The van der Waals surface area contributed by atoms with Crippen LogP contribution in [-0.4, -0.2) is 17.4 Å². The van der Waals surface area contributed by atoms with Gasteiger partial charge in [0.25, 0.3) is 6.29 Å². The summed E-state index contributed by atoms with van der Waals surface area (Å²) in [6.07, 6.45) is 10.3. The molecule has 3 aliphatic rings. The first-order chi connectivity index (χ1) is 12.6. The number of hydrogen-bond acceptors (Lipinski definition) is 3. The van der Waals surface area contributed by atoms with Crippen LogP contribution in [0.1, 0.15) is 69.8 Å². The minimum atomic E-state index is -1.24. The van der Waals surface area contributed by atoms with E-state index in [2.05, 4.69) is 0 Å². The minimum Gasteiger partial charge on any atom is -0.477 e. The number of fused-ring (bicyclic) bond motifs is 1. The molecule has 4 rings (SSSR count). The lowest BCUT2D eigenvalue weighted by atomic mass is 9.63. The molecule has 1 atom stereocenters. The Morgan fingerprint density at radius 1 is 1.00 bits per heavy atom. The van der Waals surface area contributed by atoms with Gasteiger partial charge in [0.05, 0.1) is 0 Å². The van der Waals surface area contributed by atoms with E-state index >= 15 is 0 Å². The Morgan fingerprint density at radius 2 is 1.58 bits per heavy atom. The number of carboxylic acids is 1. The lowest BCUT2D eigenvalue weighted by Gasteiger charge is -2.52. The molecule has 2 aliphatic carbocycles. The summed E-state index contributed by atoms with van der Waals surface area (Å²) in [5.41, 5.74) is 0.379. The van der Waals surface area contributed by atoms with E-state index in [-0.39, 0.29) is 0 Å². The quantitative estimate of drug-likeness (QED) is 0.752. The fourth-order valence-corrected chi connectivity index (χ4v) is 5.59. The van der Waals surface area contributed by atoms with Crippen molar-refractivity contribution < 1.29 is 19.4 Å². The average molecular weight is 379 g/mol. The number of halogens is 1. The molecule has 0 spiro atoms. The van der Waals surface area contributed by atoms with Crippen molar-refractivity contribution in [2.75, 3.05) is 0 Å². The summed E-state index contributed by atoms with van der Waals surface area (Å²) in [7, 11) is 0. The zero-order chi connectivity index (χ0) is 18.1. The Morgan fingerprint density at radius 3 is 2.12 bits per heavy atom. The van der Waals surface area contributed by atoms with Crippen LogP contribution in [-0.2, 0) is 15.1 Å². The lowest BCUT2D eigenvalue weighted by molar-refractivity contribution is -0.252. The molecule has 0 bridgehead atoms. The molecule has 1 aliphatic heterocycles. The normalized spacial score (nSPS) is 26.7. The van der Waals surface area contributed by atoms with Gasteiger partial charge in [-0.05, 0) is 55.7 Å². The zero-order valence-electron chi connectivity index (χ0n) is 15.1. The molecule has 142 valence electrons. The predicted octanol–water partition coefficient (Wildman–Crippen LogP) is 5.52. The smallest absolute Gasteiger partial charge is 0.373 e. The Balaban J connectivity index is 1.86. The van der Waals surface area contributed by atoms with Crippen LogP contribution in [0.25, 0.3) is 0 Å². The molecule has 4 nitrogen and oxygen atoms in total. The second-order valence-corrected chi connectivity index (χ2v) is 8.45. The van der Waals surface area contributed by atoms with Gasteiger partial charge in [0.2, 0.25) is 0 Å². The monoisotopic (exact) mass is 378 g/mol. The Kier molecular flexibility index (Phi) is 5.15. The summed E-state index contributed by atoms with van der Waals surface area (Å²) in [5.74, 6) is 0.218. The molecule has 0 saturated heterocycles. The summed E-state index contributed by atoms with van der Waals surface area (Å²) in [4.78, 5) is 11.8. The van der Waals surface area contributed by atoms with Crippen molar-refractivity contribution in [1.82, 2.24) is 0 Å². The van der Waals surface area contributed by atoms with E-state index < -0.39 is 17.9 Å². The highest BCUT2D eigenvalue weighted by Crippen LogP contribution is 2.56. The molecule has 0 amide bonds. The molecular formula is C21H27ClO4. The first-order valence-electron chi connectivity index (χ1n) is 9.98. The van der Waals surface area contributed by atoms with E-state index in [0.717, 1.165) is 31.2 Å². The highest BCUT2D eigenvalue weighted by molar-refractivity contribution is 6.30. The number of hydrogen-bond donors (Lipinski definition) is 1. The second-order valence-electron chi connectivity index (χ2n) is 8.01. The Hall–Kier alpha value is -1.26. The molecule has 1 N–H and O–H groups in total. The van der Waals surface area contributed by atoms with Gasteiger partial charge in [0.1, 0.15) is 11.4 Å². The number of carboxylic acid groups (broad SMARTS) is 1. The molecule has 5 heteroatoms. The molecule has 1 heterocycles. The van der Waals surface area contributed by atoms with Gasteiger partial charge in [-0.15, -0.1) is 0 Å². The van der Waals surface area contributed by atoms with Crippen LogP contribution in [0.15, 0.2) is 18.2 Å². The number of benzene rings is 1. The zero-order valence-corrected chi connectivity index (χ0v) is 15.8. The van der Waals surface area contributed by atoms with E-state index in [0.29, 0.717) is 22.6 Å². The van der Waals surface area contributed by atoms with Crippen LogP contribution >= 0.6 is 11.6 Å². The fraction of sp³-hybridized carbons (Fsp3) is 0.667. The van der Waals surface area contributed by atoms with Crippen molar-refractivity contribution in [1.29, 1.82) is 0 Å². The summed E-state index contributed by atoms with van der Waals surface area (Å²) in [6.45, 7) is 0. The third-order valence-electron chi connectivity index (χ3n) is 6.52. The summed E-state index contributed by atoms with van der Waals surface area (Å²) in [6, 6.07) is 5.55. The third kappa shape index (κ3) is 3.11. The van der Waals surface area contributed by atoms with Crippen molar-refractivity contribution in [3.05, 3.63) is 28.8 Å². The number of aliphatic carboxylic acids is 1. The van der Waals surface area contributed by atoms with Crippen molar-refractivity contribution in [2.24, 2.45) is 11.8 Å². The summed E-state index contributed by atoms with van der Waals surface area (Å²) in [5, 5.41) is 10.3. The number of rotatable bonds is 3. The fourth-order valence-electron chi connectivity index (χ4n) is 5.42. The van der Waals surface area contributed by atoms with Gasteiger partial charge in [0.15, 0.2) is 0 Å². The van der Waals surface area contributed by atoms with Crippen LogP contribution in [0.4, 0.5) is 0 Å². The first-order valence-corrected chi connectivity index (χ1v) is 10.4.